The highest BCUT2D eigenvalue weighted by Gasteiger charge is 2.36. The average molecular weight is 434 g/mol. The number of thioether (sulfide) groups is 1. The Balaban J connectivity index is 2.21. The summed E-state index contributed by atoms with van der Waals surface area (Å²) in [7, 11) is 0. The molecule has 1 heterocycles. The Morgan fingerprint density at radius 3 is 2.44 bits per heavy atom. The van der Waals surface area contributed by atoms with E-state index >= 15 is 0 Å². The van der Waals surface area contributed by atoms with Gasteiger partial charge in [0.2, 0.25) is 0 Å². The second-order valence-corrected chi connectivity index (χ2v) is 6.88. The fourth-order valence-electron chi connectivity index (χ4n) is 2.06. The highest BCUT2D eigenvalue weighted by atomic mass is 35.5. The van der Waals surface area contributed by atoms with Gasteiger partial charge < -0.3 is 14.6 Å². The Morgan fingerprint density at radius 1 is 1.26 bits per heavy atom. The molecule has 1 fully saturated rings. The van der Waals surface area contributed by atoms with Crippen molar-refractivity contribution in [3.8, 4) is 5.75 Å². The van der Waals surface area contributed by atoms with E-state index in [1.807, 2.05) is 0 Å². The molecule has 1 saturated heterocycles. The molecule has 0 saturated carbocycles. The molecule has 27 heavy (non-hydrogen) atoms. The van der Waals surface area contributed by atoms with Gasteiger partial charge in [-0.3, -0.25) is 19.3 Å². The number of nitrogens with zero attached hydrogens (tertiary/aromatic N) is 1. The first-order chi connectivity index (χ1) is 12.7. The van der Waals surface area contributed by atoms with Crippen LogP contribution in [-0.2, 0) is 19.1 Å². The highest BCUT2D eigenvalue weighted by molar-refractivity contribution is 8.18. The van der Waals surface area contributed by atoms with Crippen LogP contribution in [0.4, 0.5) is 4.79 Å². The van der Waals surface area contributed by atoms with Gasteiger partial charge in [0.15, 0.2) is 12.4 Å². The number of amides is 2. The van der Waals surface area contributed by atoms with Crippen molar-refractivity contribution in [3.63, 3.8) is 0 Å². The van der Waals surface area contributed by atoms with E-state index in [1.165, 1.54) is 18.2 Å². The summed E-state index contributed by atoms with van der Waals surface area (Å²) in [6, 6.07) is 2.81. The second kappa shape index (κ2) is 9.12. The van der Waals surface area contributed by atoms with Gasteiger partial charge in [-0.1, -0.05) is 23.2 Å². The topological polar surface area (TPSA) is 110 Å². The Kier molecular flexibility index (Phi) is 7.11. The normalized spacial score (nSPS) is 15.4. The predicted molar refractivity (Wildman–Crippen MR) is 98.9 cm³/mol. The van der Waals surface area contributed by atoms with Crippen LogP contribution < -0.4 is 4.74 Å². The molecular weight excluding hydrogens is 421 g/mol. The maximum Gasteiger partial charge on any atom is 0.341 e. The monoisotopic (exact) mass is 433 g/mol. The molecule has 2 amide bonds. The SMILES string of the molecule is CCOC(=O)CN1C(=O)S/C(=C\c2cc(Cl)c(OCC(=O)O)c(Cl)c2)C1=O. The summed E-state index contributed by atoms with van der Waals surface area (Å²) >= 11 is 12.7. The van der Waals surface area contributed by atoms with Gasteiger partial charge in [0.05, 0.1) is 21.6 Å². The molecule has 11 heteroatoms. The van der Waals surface area contributed by atoms with E-state index in [0.717, 1.165) is 4.90 Å². The van der Waals surface area contributed by atoms with Crippen molar-refractivity contribution in [2.75, 3.05) is 19.8 Å². The van der Waals surface area contributed by atoms with E-state index in [4.69, 9.17) is 37.8 Å². The highest BCUT2D eigenvalue weighted by Crippen LogP contribution is 2.37. The lowest BCUT2D eigenvalue weighted by Crippen LogP contribution is -2.34. The molecule has 8 nitrogen and oxygen atoms in total. The summed E-state index contributed by atoms with van der Waals surface area (Å²) < 4.78 is 9.74. The number of ether oxygens (including phenoxy) is 2. The zero-order chi connectivity index (χ0) is 20.1. The minimum atomic E-state index is -1.19. The smallest absolute Gasteiger partial charge is 0.341 e. The third kappa shape index (κ3) is 5.38. The molecule has 0 spiro atoms. The molecular formula is C16H13Cl2NO7S. The molecule has 0 aromatic heterocycles. The van der Waals surface area contributed by atoms with Crippen LogP contribution in [0.2, 0.25) is 10.0 Å². The first-order valence-corrected chi connectivity index (χ1v) is 9.04. The first-order valence-electron chi connectivity index (χ1n) is 7.47. The number of carboxylic acid groups (broad SMARTS) is 1. The fraction of sp³-hybridized carbons (Fsp3) is 0.250. The van der Waals surface area contributed by atoms with Crippen molar-refractivity contribution >= 4 is 64.1 Å². The molecule has 0 radical (unpaired) electrons. The molecule has 0 unspecified atom stereocenters. The molecule has 1 aromatic carbocycles. The van der Waals surface area contributed by atoms with Gasteiger partial charge in [-0.25, -0.2) is 4.79 Å². The van der Waals surface area contributed by atoms with Gasteiger partial charge in [0.25, 0.3) is 11.1 Å². The zero-order valence-corrected chi connectivity index (χ0v) is 16.2. The Labute approximate surface area is 168 Å². The summed E-state index contributed by atoms with van der Waals surface area (Å²) in [5.41, 5.74) is 0.398. The van der Waals surface area contributed by atoms with Crippen molar-refractivity contribution in [2.24, 2.45) is 0 Å². The maximum absolute atomic E-state index is 12.3. The Morgan fingerprint density at radius 2 is 1.89 bits per heavy atom. The number of imide groups is 1. The van der Waals surface area contributed by atoms with Gasteiger partial charge >= 0.3 is 11.9 Å². The summed E-state index contributed by atoms with van der Waals surface area (Å²) in [5, 5.41) is 8.13. The van der Waals surface area contributed by atoms with Crippen molar-refractivity contribution in [1.82, 2.24) is 4.90 Å². The summed E-state index contributed by atoms with van der Waals surface area (Å²) in [5.74, 6) is -2.53. The van der Waals surface area contributed by atoms with Crippen LogP contribution in [0, 0.1) is 0 Å². The fourth-order valence-corrected chi connectivity index (χ4v) is 3.51. The second-order valence-electron chi connectivity index (χ2n) is 5.07. The van der Waals surface area contributed by atoms with Crippen LogP contribution in [0.25, 0.3) is 6.08 Å². The lowest BCUT2D eigenvalue weighted by Gasteiger charge is -2.11. The number of hydrogen-bond acceptors (Lipinski definition) is 7. The van der Waals surface area contributed by atoms with Gasteiger partial charge in [0.1, 0.15) is 6.54 Å². The van der Waals surface area contributed by atoms with E-state index in [0.29, 0.717) is 17.3 Å². The minimum Gasteiger partial charge on any atom is -0.479 e. The van der Waals surface area contributed by atoms with E-state index in [2.05, 4.69) is 0 Å². The van der Waals surface area contributed by atoms with Crippen molar-refractivity contribution < 1.29 is 33.8 Å². The largest absolute Gasteiger partial charge is 0.479 e. The van der Waals surface area contributed by atoms with E-state index in [9.17, 15) is 19.2 Å². The van der Waals surface area contributed by atoms with Crippen molar-refractivity contribution in [1.29, 1.82) is 0 Å². The van der Waals surface area contributed by atoms with Crippen molar-refractivity contribution in [2.45, 2.75) is 6.92 Å². The maximum atomic E-state index is 12.3. The molecule has 0 aliphatic carbocycles. The summed E-state index contributed by atoms with van der Waals surface area (Å²) in [6.45, 7) is 0.659. The van der Waals surface area contributed by atoms with Gasteiger partial charge in [0, 0.05) is 0 Å². The molecule has 0 atom stereocenters. The number of hydrogen-bond donors (Lipinski definition) is 1. The molecule has 0 bridgehead atoms. The van der Waals surface area contributed by atoms with Crippen LogP contribution in [0.5, 0.6) is 5.75 Å². The lowest BCUT2D eigenvalue weighted by atomic mass is 10.2. The molecule has 1 aliphatic heterocycles. The standard InChI is InChI=1S/C16H13Cl2NO7S/c1-2-25-13(22)6-19-15(23)11(27-16(19)24)5-8-3-9(17)14(10(18)4-8)26-7-12(20)21/h3-5H,2,6-7H2,1H3,(H,20,21)/b11-5-. The number of rotatable bonds is 7. The van der Waals surface area contributed by atoms with Gasteiger partial charge in [-0.2, -0.15) is 0 Å². The Bertz CT molecular complexity index is 817. The minimum absolute atomic E-state index is 0.00620. The zero-order valence-electron chi connectivity index (χ0n) is 13.9. The number of halogens is 2. The molecule has 144 valence electrons. The molecule has 1 aliphatic rings. The number of aliphatic carboxylic acids is 1. The molecule has 1 N–H and O–H groups in total. The quantitative estimate of drug-likeness (QED) is 0.515. The van der Waals surface area contributed by atoms with E-state index in [1.54, 1.807) is 6.92 Å². The summed E-state index contributed by atoms with van der Waals surface area (Å²) in [4.78, 5) is 47.2. The van der Waals surface area contributed by atoms with Gasteiger partial charge in [-0.05, 0) is 42.5 Å². The number of esters is 1. The number of benzene rings is 1. The van der Waals surface area contributed by atoms with Crippen molar-refractivity contribution in [3.05, 3.63) is 32.6 Å². The summed E-state index contributed by atoms with van der Waals surface area (Å²) in [6.07, 6.45) is 1.38. The first kappa shape index (κ1) is 21.1. The lowest BCUT2D eigenvalue weighted by molar-refractivity contribution is -0.146. The van der Waals surface area contributed by atoms with E-state index in [-0.39, 0.29) is 27.3 Å². The molecule has 1 aromatic rings. The third-order valence-corrected chi connectivity index (χ3v) is 4.59. The average Bonchev–Trinajstić information content (AvgIpc) is 2.81. The number of carbonyl (C=O) groups is 4. The van der Waals surface area contributed by atoms with Crippen LogP contribution >= 0.6 is 35.0 Å². The van der Waals surface area contributed by atoms with Crippen LogP contribution in [0.1, 0.15) is 12.5 Å². The Hall–Kier alpha value is -2.23. The number of carbonyl (C=O) groups excluding carboxylic acids is 3. The van der Waals surface area contributed by atoms with E-state index < -0.39 is 36.2 Å². The van der Waals surface area contributed by atoms with Gasteiger partial charge in [-0.15, -0.1) is 0 Å². The van der Waals surface area contributed by atoms with Crippen LogP contribution in [0.15, 0.2) is 17.0 Å². The molecule has 2 rings (SSSR count). The van der Waals surface area contributed by atoms with Crippen LogP contribution in [-0.4, -0.2) is 52.8 Å². The third-order valence-electron chi connectivity index (χ3n) is 3.12. The predicted octanol–water partition coefficient (Wildman–Crippen LogP) is 3.06. The van der Waals surface area contributed by atoms with Crippen LogP contribution in [0.3, 0.4) is 0 Å². The number of carboxylic acids is 1.